The van der Waals surface area contributed by atoms with Crippen molar-refractivity contribution in [3.8, 4) is 11.5 Å². The molecule has 1 aromatic rings. The fraction of sp³-hybridized carbons (Fsp3) is 0.538. The lowest BCUT2D eigenvalue weighted by Gasteiger charge is -2.28. The summed E-state index contributed by atoms with van der Waals surface area (Å²) in [6, 6.07) is 4.03. The molecule has 2 heterocycles. The Kier molecular flexibility index (Phi) is 3.59. The van der Waals surface area contributed by atoms with Crippen molar-refractivity contribution >= 4 is 11.6 Å². The molecule has 0 saturated carbocycles. The van der Waals surface area contributed by atoms with Crippen LogP contribution in [0.2, 0.25) is 5.02 Å². The topological polar surface area (TPSA) is 33.7 Å². The van der Waals surface area contributed by atoms with E-state index in [4.69, 9.17) is 21.1 Å². The Labute approximate surface area is 112 Å². The molecule has 0 radical (unpaired) electrons. The SMILES string of the molecule is Clc1cc(CN2CCNCC2)cc2c1OCCO2. The summed E-state index contributed by atoms with van der Waals surface area (Å²) in [5, 5.41) is 4.00. The molecule has 4 nitrogen and oxygen atoms in total. The Morgan fingerprint density at radius 2 is 1.94 bits per heavy atom. The summed E-state index contributed by atoms with van der Waals surface area (Å²) in [5.74, 6) is 1.46. The first-order valence-corrected chi connectivity index (χ1v) is 6.72. The van der Waals surface area contributed by atoms with Crippen molar-refractivity contribution in [3.05, 3.63) is 22.7 Å². The van der Waals surface area contributed by atoms with E-state index in [-0.39, 0.29) is 0 Å². The molecule has 18 heavy (non-hydrogen) atoms. The van der Waals surface area contributed by atoms with Crippen LogP contribution >= 0.6 is 11.6 Å². The zero-order valence-electron chi connectivity index (χ0n) is 10.2. The maximum atomic E-state index is 6.23. The van der Waals surface area contributed by atoms with Gasteiger partial charge in [-0.3, -0.25) is 4.90 Å². The van der Waals surface area contributed by atoms with Crippen molar-refractivity contribution in [2.45, 2.75) is 6.54 Å². The highest BCUT2D eigenvalue weighted by Crippen LogP contribution is 2.38. The molecule has 1 fully saturated rings. The number of benzene rings is 1. The van der Waals surface area contributed by atoms with Crippen molar-refractivity contribution in [1.82, 2.24) is 10.2 Å². The normalized spacial score (nSPS) is 19.8. The number of nitrogens with zero attached hydrogens (tertiary/aromatic N) is 1. The second-order valence-corrected chi connectivity index (χ2v) is 5.04. The molecule has 3 rings (SSSR count). The lowest BCUT2D eigenvalue weighted by Crippen LogP contribution is -2.42. The molecule has 0 unspecified atom stereocenters. The van der Waals surface area contributed by atoms with Gasteiger partial charge >= 0.3 is 0 Å². The smallest absolute Gasteiger partial charge is 0.179 e. The highest BCUT2D eigenvalue weighted by Gasteiger charge is 2.18. The van der Waals surface area contributed by atoms with Crippen LogP contribution in [0.1, 0.15) is 5.56 Å². The van der Waals surface area contributed by atoms with E-state index in [2.05, 4.69) is 10.2 Å². The molecular weight excluding hydrogens is 252 g/mol. The molecule has 0 aromatic heterocycles. The molecule has 5 heteroatoms. The van der Waals surface area contributed by atoms with Gasteiger partial charge in [0, 0.05) is 32.7 Å². The highest BCUT2D eigenvalue weighted by atomic mass is 35.5. The maximum Gasteiger partial charge on any atom is 0.179 e. The second-order valence-electron chi connectivity index (χ2n) is 4.63. The summed E-state index contributed by atoms with van der Waals surface area (Å²) in [6.07, 6.45) is 0. The molecule has 0 bridgehead atoms. The molecule has 1 N–H and O–H groups in total. The van der Waals surface area contributed by atoms with E-state index in [0.717, 1.165) is 38.5 Å². The third-order valence-corrected chi connectivity index (χ3v) is 3.55. The summed E-state index contributed by atoms with van der Waals surface area (Å²) < 4.78 is 11.1. The number of fused-ring (bicyclic) bond motifs is 1. The van der Waals surface area contributed by atoms with Crippen LogP contribution in [0, 0.1) is 0 Å². The lowest BCUT2D eigenvalue weighted by molar-refractivity contribution is 0.171. The number of hydrogen-bond donors (Lipinski definition) is 1. The third-order valence-electron chi connectivity index (χ3n) is 3.27. The molecular formula is C13H17ClN2O2. The molecule has 0 aliphatic carbocycles. The Morgan fingerprint density at radius 3 is 2.78 bits per heavy atom. The molecule has 2 aliphatic rings. The van der Waals surface area contributed by atoms with Crippen LogP contribution < -0.4 is 14.8 Å². The average Bonchev–Trinajstić information content (AvgIpc) is 2.40. The van der Waals surface area contributed by atoms with Crippen LogP contribution in [0.15, 0.2) is 12.1 Å². The van der Waals surface area contributed by atoms with E-state index >= 15 is 0 Å². The van der Waals surface area contributed by atoms with Gasteiger partial charge in [-0.1, -0.05) is 11.6 Å². The third kappa shape index (κ3) is 2.55. The van der Waals surface area contributed by atoms with Crippen LogP contribution in [0.5, 0.6) is 11.5 Å². The number of halogens is 1. The highest BCUT2D eigenvalue weighted by molar-refractivity contribution is 6.32. The van der Waals surface area contributed by atoms with Gasteiger partial charge in [0.25, 0.3) is 0 Å². The number of ether oxygens (including phenoxy) is 2. The first-order chi connectivity index (χ1) is 8.83. The van der Waals surface area contributed by atoms with Gasteiger partial charge in [-0.15, -0.1) is 0 Å². The first kappa shape index (κ1) is 12.1. The monoisotopic (exact) mass is 268 g/mol. The van der Waals surface area contributed by atoms with E-state index in [1.165, 1.54) is 5.56 Å². The predicted molar refractivity (Wildman–Crippen MR) is 70.6 cm³/mol. The molecule has 2 aliphatic heterocycles. The Balaban J connectivity index is 1.77. The first-order valence-electron chi connectivity index (χ1n) is 6.34. The van der Waals surface area contributed by atoms with E-state index in [0.29, 0.717) is 24.0 Å². The van der Waals surface area contributed by atoms with Crippen LogP contribution in [-0.2, 0) is 6.54 Å². The minimum absolute atomic E-state index is 0.573. The maximum absolute atomic E-state index is 6.23. The quantitative estimate of drug-likeness (QED) is 0.882. The number of hydrogen-bond acceptors (Lipinski definition) is 4. The molecule has 0 atom stereocenters. The van der Waals surface area contributed by atoms with Gasteiger partial charge < -0.3 is 14.8 Å². The standard InChI is InChI=1S/C13H17ClN2O2/c14-11-7-10(9-16-3-1-15-2-4-16)8-12-13(11)18-6-5-17-12/h7-8,15H,1-6,9H2. The van der Waals surface area contributed by atoms with Crippen molar-refractivity contribution in [3.63, 3.8) is 0 Å². The van der Waals surface area contributed by atoms with E-state index in [1.807, 2.05) is 12.1 Å². The molecule has 1 saturated heterocycles. The van der Waals surface area contributed by atoms with Crippen molar-refractivity contribution < 1.29 is 9.47 Å². The van der Waals surface area contributed by atoms with Crippen LogP contribution in [-0.4, -0.2) is 44.3 Å². The van der Waals surface area contributed by atoms with Crippen LogP contribution in [0.4, 0.5) is 0 Å². The minimum atomic E-state index is 0.573. The summed E-state index contributed by atoms with van der Waals surface area (Å²) >= 11 is 6.23. The van der Waals surface area contributed by atoms with Gasteiger partial charge in [0.1, 0.15) is 13.2 Å². The van der Waals surface area contributed by atoms with Crippen molar-refractivity contribution in [2.75, 3.05) is 39.4 Å². The summed E-state index contributed by atoms with van der Waals surface area (Å²) in [6.45, 7) is 6.34. The second kappa shape index (κ2) is 5.34. The molecule has 0 spiro atoms. The van der Waals surface area contributed by atoms with E-state index in [1.54, 1.807) is 0 Å². The van der Waals surface area contributed by atoms with Gasteiger partial charge in [-0.05, 0) is 17.7 Å². The van der Waals surface area contributed by atoms with Crippen molar-refractivity contribution in [2.24, 2.45) is 0 Å². The molecule has 98 valence electrons. The Bertz CT molecular complexity index is 433. The summed E-state index contributed by atoms with van der Waals surface area (Å²) in [5.41, 5.74) is 1.19. The lowest BCUT2D eigenvalue weighted by atomic mass is 10.1. The number of piperazine rings is 1. The van der Waals surface area contributed by atoms with Crippen LogP contribution in [0.3, 0.4) is 0 Å². The summed E-state index contributed by atoms with van der Waals surface area (Å²) in [7, 11) is 0. The average molecular weight is 269 g/mol. The van der Waals surface area contributed by atoms with Gasteiger partial charge in [-0.25, -0.2) is 0 Å². The zero-order chi connectivity index (χ0) is 12.4. The zero-order valence-corrected chi connectivity index (χ0v) is 11.0. The fourth-order valence-corrected chi connectivity index (χ4v) is 2.67. The Hall–Kier alpha value is -0.970. The van der Waals surface area contributed by atoms with Gasteiger partial charge in [0.2, 0.25) is 0 Å². The van der Waals surface area contributed by atoms with Gasteiger partial charge in [0.15, 0.2) is 11.5 Å². The Morgan fingerprint density at radius 1 is 1.17 bits per heavy atom. The van der Waals surface area contributed by atoms with Gasteiger partial charge in [-0.2, -0.15) is 0 Å². The minimum Gasteiger partial charge on any atom is -0.486 e. The summed E-state index contributed by atoms with van der Waals surface area (Å²) in [4.78, 5) is 2.41. The largest absolute Gasteiger partial charge is 0.486 e. The predicted octanol–water partition coefficient (Wildman–Crippen LogP) is 1.52. The number of rotatable bonds is 2. The number of nitrogens with one attached hydrogen (secondary N) is 1. The molecule has 0 amide bonds. The molecule has 1 aromatic carbocycles. The fourth-order valence-electron chi connectivity index (χ4n) is 2.38. The van der Waals surface area contributed by atoms with Crippen molar-refractivity contribution in [1.29, 1.82) is 0 Å². The van der Waals surface area contributed by atoms with Gasteiger partial charge in [0.05, 0.1) is 5.02 Å². The van der Waals surface area contributed by atoms with E-state index < -0.39 is 0 Å². The van der Waals surface area contributed by atoms with E-state index in [9.17, 15) is 0 Å². The van der Waals surface area contributed by atoms with Crippen LogP contribution in [0.25, 0.3) is 0 Å².